The van der Waals surface area contributed by atoms with E-state index in [1.165, 1.54) is 18.2 Å². The predicted octanol–water partition coefficient (Wildman–Crippen LogP) is 3.62. The van der Waals surface area contributed by atoms with Crippen molar-refractivity contribution in [3.05, 3.63) is 51.7 Å². The van der Waals surface area contributed by atoms with Crippen LogP contribution in [0.3, 0.4) is 0 Å². The molecule has 0 aliphatic heterocycles. The maximum absolute atomic E-state index is 13.9. The highest BCUT2D eigenvalue weighted by Crippen LogP contribution is 2.28. The summed E-state index contributed by atoms with van der Waals surface area (Å²) >= 11 is 8.68. The Hall–Kier alpha value is -1.31. The first-order valence-corrected chi connectivity index (χ1v) is 7.98. The van der Waals surface area contributed by atoms with Gasteiger partial charge in [-0.3, -0.25) is 4.72 Å². The van der Waals surface area contributed by atoms with Gasteiger partial charge in [0.15, 0.2) is 5.82 Å². The molecule has 0 aliphatic rings. The molecule has 0 atom stereocenters. The Labute approximate surface area is 128 Å². The van der Waals surface area contributed by atoms with E-state index in [1.807, 2.05) is 0 Å². The number of hydrogen-bond donors (Lipinski definition) is 2. The quantitative estimate of drug-likeness (QED) is 0.800. The van der Waals surface area contributed by atoms with Crippen LogP contribution in [0.2, 0.25) is 5.02 Å². The highest BCUT2D eigenvalue weighted by molar-refractivity contribution is 9.10. The second-order valence-corrected chi connectivity index (χ2v) is 6.87. The van der Waals surface area contributed by atoms with E-state index in [1.54, 1.807) is 12.1 Å². The maximum Gasteiger partial charge on any atom is 0.264 e. The van der Waals surface area contributed by atoms with Gasteiger partial charge in [-0.25, -0.2) is 12.8 Å². The number of anilines is 2. The third kappa shape index (κ3) is 3.23. The molecule has 0 bridgehead atoms. The normalized spacial score (nSPS) is 11.3. The fourth-order valence-electron chi connectivity index (χ4n) is 1.54. The van der Waals surface area contributed by atoms with Gasteiger partial charge in [-0.05, 0) is 46.3 Å². The van der Waals surface area contributed by atoms with Crippen LogP contribution in [-0.4, -0.2) is 8.42 Å². The van der Waals surface area contributed by atoms with Gasteiger partial charge >= 0.3 is 0 Å². The molecule has 20 heavy (non-hydrogen) atoms. The highest BCUT2D eigenvalue weighted by atomic mass is 79.9. The lowest BCUT2D eigenvalue weighted by Crippen LogP contribution is -2.15. The summed E-state index contributed by atoms with van der Waals surface area (Å²) in [6, 6.07) is 8.42. The summed E-state index contributed by atoms with van der Waals surface area (Å²) in [6.45, 7) is 0. The van der Waals surface area contributed by atoms with Crippen molar-refractivity contribution in [2.24, 2.45) is 0 Å². The number of hydrogen-bond acceptors (Lipinski definition) is 3. The fourth-order valence-corrected chi connectivity index (χ4v) is 3.53. The first kappa shape index (κ1) is 15.1. The first-order chi connectivity index (χ1) is 9.29. The van der Waals surface area contributed by atoms with Gasteiger partial charge < -0.3 is 5.73 Å². The van der Waals surface area contributed by atoms with Crippen LogP contribution in [0.5, 0.6) is 0 Å². The third-order valence-corrected chi connectivity index (χ3v) is 4.58. The molecule has 0 amide bonds. The van der Waals surface area contributed by atoms with Crippen molar-refractivity contribution < 1.29 is 12.8 Å². The minimum atomic E-state index is -4.10. The van der Waals surface area contributed by atoms with Crippen LogP contribution in [0.1, 0.15) is 0 Å². The van der Waals surface area contributed by atoms with E-state index in [2.05, 4.69) is 20.7 Å². The maximum atomic E-state index is 13.9. The molecule has 0 aliphatic carbocycles. The average Bonchev–Trinajstić information content (AvgIpc) is 2.33. The number of rotatable bonds is 3. The summed E-state index contributed by atoms with van der Waals surface area (Å²) < 4.78 is 40.5. The van der Waals surface area contributed by atoms with E-state index in [0.717, 1.165) is 6.07 Å². The van der Waals surface area contributed by atoms with Gasteiger partial charge in [0.25, 0.3) is 10.0 Å². The zero-order valence-electron chi connectivity index (χ0n) is 9.90. The molecule has 2 aromatic carbocycles. The van der Waals surface area contributed by atoms with E-state index in [-0.39, 0.29) is 15.8 Å². The predicted molar refractivity (Wildman–Crippen MR) is 80.8 cm³/mol. The number of nitrogens with two attached hydrogens (primary N) is 1. The molecule has 0 heterocycles. The van der Waals surface area contributed by atoms with Gasteiger partial charge in [0.05, 0.1) is 10.2 Å². The number of halogens is 3. The zero-order valence-corrected chi connectivity index (χ0v) is 13.1. The summed E-state index contributed by atoms with van der Waals surface area (Å²) in [5.74, 6) is -0.909. The average molecular weight is 380 g/mol. The second kappa shape index (κ2) is 5.59. The molecular formula is C12H9BrClFN2O2S. The van der Waals surface area contributed by atoms with E-state index >= 15 is 0 Å². The summed E-state index contributed by atoms with van der Waals surface area (Å²) in [7, 11) is -4.10. The van der Waals surface area contributed by atoms with Crippen molar-refractivity contribution in [1.82, 2.24) is 0 Å². The molecule has 0 spiro atoms. The molecule has 2 rings (SSSR count). The minimum absolute atomic E-state index is 0.0241. The highest BCUT2D eigenvalue weighted by Gasteiger charge is 2.22. The molecule has 0 radical (unpaired) electrons. The smallest absolute Gasteiger partial charge is 0.264 e. The molecule has 0 fully saturated rings. The third-order valence-electron chi connectivity index (χ3n) is 2.38. The van der Waals surface area contributed by atoms with E-state index in [0.29, 0.717) is 5.02 Å². The molecule has 4 nitrogen and oxygen atoms in total. The Morgan fingerprint density at radius 3 is 2.60 bits per heavy atom. The van der Waals surface area contributed by atoms with Crippen molar-refractivity contribution >= 4 is 48.9 Å². The van der Waals surface area contributed by atoms with Crippen molar-refractivity contribution in [2.75, 3.05) is 10.5 Å². The SMILES string of the molecule is Nc1cc(Br)c(F)c(S(=O)(=O)Nc2cccc(Cl)c2)c1. The van der Waals surface area contributed by atoms with Crippen LogP contribution in [-0.2, 0) is 10.0 Å². The van der Waals surface area contributed by atoms with Gasteiger partial charge in [0.2, 0.25) is 0 Å². The zero-order chi connectivity index (χ0) is 14.9. The molecule has 2 aromatic rings. The summed E-state index contributed by atoms with van der Waals surface area (Å²) in [5, 5.41) is 0.361. The molecule has 0 unspecified atom stereocenters. The Morgan fingerprint density at radius 2 is 1.95 bits per heavy atom. The molecule has 0 aromatic heterocycles. The van der Waals surface area contributed by atoms with Gasteiger partial charge in [0, 0.05) is 10.7 Å². The lowest BCUT2D eigenvalue weighted by Gasteiger charge is -2.10. The number of nitrogen functional groups attached to an aromatic ring is 1. The van der Waals surface area contributed by atoms with Crippen LogP contribution in [0.15, 0.2) is 45.8 Å². The van der Waals surface area contributed by atoms with Gasteiger partial charge in [-0.1, -0.05) is 17.7 Å². The van der Waals surface area contributed by atoms with Crippen LogP contribution in [0.25, 0.3) is 0 Å². The standard InChI is InChI=1S/C12H9BrClFN2O2S/c13-10-5-8(16)6-11(12(10)15)20(18,19)17-9-3-1-2-7(14)4-9/h1-6,17H,16H2. The lowest BCUT2D eigenvalue weighted by molar-refractivity contribution is 0.567. The van der Waals surface area contributed by atoms with E-state index in [9.17, 15) is 12.8 Å². The largest absolute Gasteiger partial charge is 0.399 e. The summed E-state index contributed by atoms with van der Waals surface area (Å²) in [5.41, 5.74) is 5.89. The van der Waals surface area contributed by atoms with Crippen LogP contribution in [0.4, 0.5) is 15.8 Å². The Bertz CT molecular complexity index is 768. The molecule has 8 heteroatoms. The van der Waals surface area contributed by atoms with Gasteiger partial charge in [-0.15, -0.1) is 0 Å². The van der Waals surface area contributed by atoms with Gasteiger partial charge in [0.1, 0.15) is 4.90 Å². The Kier molecular flexibility index (Phi) is 4.22. The summed E-state index contributed by atoms with van der Waals surface area (Å²) in [6.07, 6.45) is 0. The van der Waals surface area contributed by atoms with Crippen molar-refractivity contribution in [1.29, 1.82) is 0 Å². The number of nitrogens with one attached hydrogen (secondary N) is 1. The van der Waals surface area contributed by atoms with Crippen molar-refractivity contribution in [2.45, 2.75) is 4.90 Å². The van der Waals surface area contributed by atoms with Gasteiger partial charge in [-0.2, -0.15) is 0 Å². The topological polar surface area (TPSA) is 72.2 Å². The van der Waals surface area contributed by atoms with E-state index in [4.69, 9.17) is 17.3 Å². The molecule has 0 saturated heterocycles. The molecule has 3 N–H and O–H groups in total. The minimum Gasteiger partial charge on any atom is -0.399 e. The first-order valence-electron chi connectivity index (χ1n) is 5.32. The molecule has 0 saturated carbocycles. The monoisotopic (exact) mass is 378 g/mol. The number of benzene rings is 2. The van der Waals surface area contributed by atoms with Crippen LogP contribution in [0, 0.1) is 5.82 Å². The number of sulfonamides is 1. The Morgan fingerprint density at radius 1 is 1.25 bits per heavy atom. The van der Waals surface area contributed by atoms with Crippen molar-refractivity contribution in [3.8, 4) is 0 Å². The summed E-state index contributed by atoms with van der Waals surface area (Å²) in [4.78, 5) is -0.538. The van der Waals surface area contributed by atoms with Crippen LogP contribution >= 0.6 is 27.5 Å². The second-order valence-electron chi connectivity index (χ2n) is 3.93. The Balaban J connectivity index is 2.46. The van der Waals surface area contributed by atoms with Crippen molar-refractivity contribution in [3.63, 3.8) is 0 Å². The molecular weight excluding hydrogens is 371 g/mol. The lowest BCUT2D eigenvalue weighted by atomic mass is 10.3. The molecule has 106 valence electrons. The van der Waals surface area contributed by atoms with E-state index < -0.39 is 20.7 Å². The fraction of sp³-hybridized carbons (Fsp3) is 0. The van der Waals surface area contributed by atoms with Crippen LogP contribution < -0.4 is 10.5 Å².